The summed E-state index contributed by atoms with van der Waals surface area (Å²) in [5.74, 6) is 0.940. The molecule has 94 valence electrons. The molecule has 1 aliphatic rings. The maximum atomic E-state index is 4.19. The van der Waals surface area contributed by atoms with E-state index in [1.165, 1.54) is 43.2 Å². The standard InChI is InChI=1S/C15H19N3/c1-2-6-12(5-1)9-10-13-7-3-4-8-14(13)15-11-16-18-17-15/h3-4,7-8,11-12H,1-2,5-6,9-10H2,(H,16,17,18). The van der Waals surface area contributed by atoms with Crippen molar-refractivity contribution in [1.82, 2.24) is 15.4 Å². The van der Waals surface area contributed by atoms with E-state index in [9.17, 15) is 0 Å². The Bertz CT molecular complexity index is 484. The van der Waals surface area contributed by atoms with Crippen LogP contribution >= 0.6 is 0 Å². The van der Waals surface area contributed by atoms with Crippen LogP contribution in [0, 0.1) is 5.92 Å². The van der Waals surface area contributed by atoms with Crippen LogP contribution in [0.3, 0.4) is 0 Å². The molecule has 0 atom stereocenters. The van der Waals surface area contributed by atoms with E-state index in [4.69, 9.17) is 0 Å². The molecular weight excluding hydrogens is 222 g/mol. The molecule has 1 heterocycles. The summed E-state index contributed by atoms with van der Waals surface area (Å²) in [6, 6.07) is 8.55. The van der Waals surface area contributed by atoms with Crippen molar-refractivity contribution >= 4 is 0 Å². The fourth-order valence-electron chi connectivity index (χ4n) is 2.98. The quantitative estimate of drug-likeness (QED) is 0.888. The lowest BCUT2D eigenvalue weighted by Gasteiger charge is -2.11. The first-order chi connectivity index (χ1) is 8.93. The Morgan fingerprint density at radius 1 is 1.17 bits per heavy atom. The van der Waals surface area contributed by atoms with Gasteiger partial charge in [-0.05, 0) is 24.3 Å². The molecule has 1 aromatic carbocycles. The fraction of sp³-hybridized carbons (Fsp3) is 0.467. The van der Waals surface area contributed by atoms with Crippen LogP contribution in [0.15, 0.2) is 30.5 Å². The molecule has 0 unspecified atom stereocenters. The maximum Gasteiger partial charge on any atom is 0.113 e. The van der Waals surface area contributed by atoms with E-state index in [1.54, 1.807) is 6.20 Å². The molecule has 1 N–H and O–H groups in total. The van der Waals surface area contributed by atoms with Crippen molar-refractivity contribution in [3.05, 3.63) is 36.0 Å². The second-order valence-corrected chi connectivity index (χ2v) is 5.20. The number of aromatic amines is 1. The zero-order chi connectivity index (χ0) is 12.2. The minimum Gasteiger partial charge on any atom is -0.197 e. The minimum absolute atomic E-state index is 0.940. The lowest BCUT2D eigenvalue weighted by atomic mass is 9.95. The van der Waals surface area contributed by atoms with E-state index in [1.807, 2.05) is 0 Å². The van der Waals surface area contributed by atoms with E-state index in [2.05, 4.69) is 39.7 Å². The predicted octanol–water partition coefficient (Wildman–Crippen LogP) is 3.59. The Labute approximate surface area is 108 Å². The van der Waals surface area contributed by atoms with Gasteiger partial charge >= 0.3 is 0 Å². The molecule has 1 aromatic heterocycles. The summed E-state index contributed by atoms with van der Waals surface area (Å²) < 4.78 is 0. The molecule has 3 rings (SSSR count). The zero-order valence-electron chi connectivity index (χ0n) is 10.6. The van der Waals surface area contributed by atoms with Crippen molar-refractivity contribution in [1.29, 1.82) is 0 Å². The van der Waals surface area contributed by atoms with E-state index < -0.39 is 0 Å². The van der Waals surface area contributed by atoms with E-state index >= 15 is 0 Å². The van der Waals surface area contributed by atoms with Gasteiger partial charge in [-0.1, -0.05) is 49.9 Å². The summed E-state index contributed by atoms with van der Waals surface area (Å²) in [6.45, 7) is 0. The molecular formula is C15H19N3. The summed E-state index contributed by atoms with van der Waals surface area (Å²) in [5.41, 5.74) is 3.58. The van der Waals surface area contributed by atoms with Crippen LogP contribution in [0.2, 0.25) is 0 Å². The van der Waals surface area contributed by atoms with Gasteiger partial charge in [-0.25, -0.2) is 0 Å². The number of nitrogens with one attached hydrogen (secondary N) is 1. The van der Waals surface area contributed by atoms with Crippen molar-refractivity contribution in [2.24, 2.45) is 5.92 Å². The molecule has 1 fully saturated rings. The van der Waals surface area contributed by atoms with Gasteiger partial charge in [0.1, 0.15) is 5.69 Å². The Balaban J connectivity index is 1.75. The first-order valence-electron chi connectivity index (χ1n) is 6.87. The van der Waals surface area contributed by atoms with E-state index in [0.29, 0.717) is 0 Å². The topological polar surface area (TPSA) is 41.6 Å². The summed E-state index contributed by atoms with van der Waals surface area (Å²) in [5, 5.41) is 10.8. The molecule has 0 radical (unpaired) electrons. The third-order valence-corrected chi connectivity index (χ3v) is 4.01. The number of aromatic nitrogens is 3. The third-order valence-electron chi connectivity index (χ3n) is 4.01. The molecule has 0 amide bonds. The smallest absolute Gasteiger partial charge is 0.113 e. The van der Waals surface area contributed by atoms with Gasteiger partial charge in [0, 0.05) is 5.56 Å². The van der Waals surface area contributed by atoms with Gasteiger partial charge in [-0.15, -0.1) is 0 Å². The highest BCUT2D eigenvalue weighted by Gasteiger charge is 2.15. The average molecular weight is 241 g/mol. The summed E-state index contributed by atoms with van der Waals surface area (Å²) in [7, 11) is 0. The van der Waals surface area contributed by atoms with Crippen LogP contribution in [0.4, 0.5) is 0 Å². The lowest BCUT2D eigenvalue weighted by molar-refractivity contribution is 0.504. The molecule has 0 spiro atoms. The molecule has 18 heavy (non-hydrogen) atoms. The molecule has 2 aromatic rings. The van der Waals surface area contributed by atoms with Gasteiger partial charge in [-0.2, -0.15) is 15.4 Å². The number of rotatable bonds is 4. The first kappa shape index (κ1) is 11.5. The maximum absolute atomic E-state index is 4.19. The third kappa shape index (κ3) is 2.45. The van der Waals surface area contributed by atoms with Crippen molar-refractivity contribution in [3.63, 3.8) is 0 Å². The number of hydrogen-bond acceptors (Lipinski definition) is 2. The number of H-pyrrole nitrogens is 1. The van der Waals surface area contributed by atoms with Gasteiger partial charge in [0.05, 0.1) is 6.20 Å². The highest BCUT2D eigenvalue weighted by molar-refractivity contribution is 5.62. The SMILES string of the molecule is c1ccc(-c2cn[nH]n2)c(CCC2CCCC2)c1. The molecule has 0 bridgehead atoms. The molecule has 1 aliphatic carbocycles. The van der Waals surface area contributed by atoms with Crippen LogP contribution in [-0.4, -0.2) is 15.4 Å². The van der Waals surface area contributed by atoms with Crippen molar-refractivity contribution in [3.8, 4) is 11.3 Å². The number of aryl methyl sites for hydroxylation is 1. The Hall–Kier alpha value is -1.64. The fourth-order valence-corrected chi connectivity index (χ4v) is 2.98. The monoisotopic (exact) mass is 241 g/mol. The summed E-state index contributed by atoms with van der Waals surface area (Å²) in [4.78, 5) is 0. The first-order valence-corrected chi connectivity index (χ1v) is 6.87. The van der Waals surface area contributed by atoms with Crippen LogP contribution < -0.4 is 0 Å². The van der Waals surface area contributed by atoms with Crippen molar-refractivity contribution in [2.45, 2.75) is 38.5 Å². The second kappa shape index (κ2) is 5.34. The minimum atomic E-state index is 0.940. The van der Waals surface area contributed by atoms with Crippen LogP contribution in [0.25, 0.3) is 11.3 Å². The lowest BCUT2D eigenvalue weighted by Crippen LogP contribution is -1.98. The molecule has 1 saturated carbocycles. The normalized spacial score (nSPS) is 16.2. The molecule has 3 nitrogen and oxygen atoms in total. The van der Waals surface area contributed by atoms with Gasteiger partial charge in [0.15, 0.2) is 0 Å². The number of nitrogens with zero attached hydrogens (tertiary/aromatic N) is 2. The van der Waals surface area contributed by atoms with Gasteiger partial charge in [0.25, 0.3) is 0 Å². The van der Waals surface area contributed by atoms with Gasteiger partial charge in [-0.3, -0.25) is 0 Å². The Morgan fingerprint density at radius 3 is 2.78 bits per heavy atom. The van der Waals surface area contributed by atoms with Crippen LogP contribution in [-0.2, 0) is 6.42 Å². The van der Waals surface area contributed by atoms with E-state index in [0.717, 1.165) is 18.0 Å². The van der Waals surface area contributed by atoms with E-state index in [-0.39, 0.29) is 0 Å². The summed E-state index contributed by atoms with van der Waals surface area (Å²) >= 11 is 0. The average Bonchev–Trinajstić information content (AvgIpc) is 3.10. The predicted molar refractivity (Wildman–Crippen MR) is 72.1 cm³/mol. The molecule has 3 heteroatoms. The van der Waals surface area contributed by atoms with Gasteiger partial charge < -0.3 is 0 Å². The molecule has 0 aliphatic heterocycles. The number of benzene rings is 1. The largest absolute Gasteiger partial charge is 0.197 e. The van der Waals surface area contributed by atoms with Crippen LogP contribution in [0.5, 0.6) is 0 Å². The van der Waals surface area contributed by atoms with Crippen molar-refractivity contribution in [2.75, 3.05) is 0 Å². The Kier molecular flexibility index (Phi) is 3.40. The second-order valence-electron chi connectivity index (χ2n) is 5.20. The summed E-state index contributed by atoms with van der Waals surface area (Å²) in [6.07, 6.45) is 9.97. The van der Waals surface area contributed by atoms with Crippen LogP contribution in [0.1, 0.15) is 37.7 Å². The number of hydrogen-bond donors (Lipinski definition) is 1. The van der Waals surface area contributed by atoms with Crippen molar-refractivity contribution < 1.29 is 0 Å². The van der Waals surface area contributed by atoms with Gasteiger partial charge in [0.2, 0.25) is 0 Å². The highest BCUT2D eigenvalue weighted by Crippen LogP contribution is 2.30. The molecule has 0 saturated heterocycles. The zero-order valence-corrected chi connectivity index (χ0v) is 10.6. The highest BCUT2D eigenvalue weighted by atomic mass is 15.3. The Morgan fingerprint density at radius 2 is 2.00 bits per heavy atom.